The lowest BCUT2D eigenvalue weighted by atomic mass is 9.88. The van der Waals surface area contributed by atoms with Gasteiger partial charge >= 0.3 is 0 Å². The van der Waals surface area contributed by atoms with E-state index in [1.165, 1.54) is 0 Å². The number of aromatic nitrogens is 3. The second kappa shape index (κ2) is 8.36. The predicted molar refractivity (Wildman–Crippen MR) is 106 cm³/mol. The molecule has 4 heterocycles. The molecule has 4 rings (SSSR count). The van der Waals surface area contributed by atoms with Crippen LogP contribution >= 0.6 is 22.9 Å². The number of aliphatic hydroxyl groups is 1. The average molecular weight is 410 g/mol. The lowest BCUT2D eigenvalue weighted by Crippen LogP contribution is -2.42. The SMILES string of the molecule is CC1CNCCC1c1ncc(-c2nc(N[C@@H]3CCOC[C@H]3O)ncc2Cl)s1. The first-order valence-electron chi connectivity index (χ1n) is 9.33. The van der Waals surface area contributed by atoms with Crippen LogP contribution in [-0.2, 0) is 4.74 Å². The quantitative estimate of drug-likeness (QED) is 0.714. The van der Waals surface area contributed by atoms with Gasteiger partial charge in [0, 0.05) is 18.7 Å². The van der Waals surface area contributed by atoms with Gasteiger partial charge in [-0.2, -0.15) is 0 Å². The summed E-state index contributed by atoms with van der Waals surface area (Å²) in [5.41, 5.74) is 0.682. The van der Waals surface area contributed by atoms with E-state index in [4.69, 9.17) is 16.3 Å². The highest BCUT2D eigenvalue weighted by molar-refractivity contribution is 7.15. The van der Waals surface area contributed by atoms with Crippen LogP contribution in [0.3, 0.4) is 0 Å². The number of rotatable bonds is 4. The minimum absolute atomic E-state index is 0.125. The molecule has 2 aromatic heterocycles. The van der Waals surface area contributed by atoms with Crippen molar-refractivity contribution in [1.29, 1.82) is 0 Å². The molecule has 7 nitrogen and oxygen atoms in total. The fourth-order valence-electron chi connectivity index (χ4n) is 3.62. The molecule has 0 spiro atoms. The summed E-state index contributed by atoms with van der Waals surface area (Å²) in [6, 6.07) is -0.125. The van der Waals surface area contributed by atoms with Crippen LogP contribution in [0.1, 0.15) is 30.7 Å². The normalized spacial score (nSPS) is 28.9. The molecule has 2 aliphatic rings. The summed E-state index contributed by atoms with van der Waals surface area (Å²) >= 11 is 8.03. The molecule has 2 saturated heterocycles. The van der Waals surface area contributed by atoms with Crippen molar-refractivity contribution in [2.75, 3.05) is 31.6 Å². The van der Waals surface area contributed by atoms with Gasteiger partial charge in [-0.15, -0.1) is 11.3 Å². The maximum Gasteiger partial charge on any atom is 0.223 e. The number of nitrogens with one attached hydrogen (secondary N) is 2. The monoisotopic (exact) mass is 409 g/mol. The van der Waals surface area contributed by atoms with Crippen molar-refractivity contribution in [1.82, 2.24) is 20.3 Å². The predicted octanol–water partition coefficient (Wildman–Crippen LogP) is 2.53. The van der Waals surface area contributed by atoms with Crippen molar-refractivity contribution in [3.05, 3.63) is 22.4 Å². The van der Waals surface area contributed by atoms with Crippen LogP contribution in [0.5, 0.6) is 0 Å². The highest BCUT2D eigenvalue weighted by Crippen LogP contribution is 2.37. The Morgan fingerprint density at radius 3 is 3.04 bits per heavy atom. The lowest BCUT2D eigenvalue weighted by molar-refractivity contribution is -0.0136. The molecule has 146 valence electrons. The van der Waals surface area contributed by atoms with Crippen LogP contribution in [0.25, 0.3) is 10.6 Å². The van der Waals surface area contributed by atoms with Gasteiger partial charge < -0.3 is 20.5 Å². The third kappa shape index (κ3) is 4.25. The molecular formula is C18H24ClN5O2S. The molecule has 9 heteroatoms. The number of nitrogens with zero attached hydrogens (tertiary/aromatic N) is 3. The van der Waals surface area contributed by atoms with E-state index in [0.717, 1.165) is 29.4 Å². The van der Waals surface area contributed by atoms with Gasteiger partial charge in [0.2, 0.25) is 5.95 Å². The minimum atomic E-state index is -0.571. The first-order chi connectivity index (χ1) is 13.1. The fourth-order valence-corrected chi connectivity index (χ4v) is 5.05. The molecule has 0 bridgehead atoms. The van der Waals surface area contributed by atoms with Gasteiger partial charge in [0.15, 0.2) is 0 Å². The van der Waals surface area contributed by atoms with E-state index < -0.39 is 6.10 Å². The zero-order valence-electron chi connectivity index (χ0n) is 15.2. The third-order valence-electron chi connectivity index (χ3n) is 5.24. The number of anilines is 1. The second-order valence-electron chi connectivity index (χ2n) is 7.21. The van der Waals surface area contributed by atoms with Crippen LogP contribution in [0, 0.1) is 5.92 Å². The van der Waals surface area contributed by atoms with Crippen LogP contribution in [0.15, 0.2) is 12.4 Å². The smallest absolute Gasteiger partial charge is 0.223 e. The molecule has 2 aromatic rings. The van der Waals surface area contributed by atoms with Crippen LogP contribution in [-0.4, -0.2) is 58.5 Å². The summed E-state index contributed by atoms with van der Waals surface area (Å²) < 4.78 is 5.27. The number of halogens is 1. The number of ether oxygens (including phenoxy) is 1. The van der Waals surface area contributed by atoms with Gasteiger partial charge in [-0.25, -0.2) is 15.0 Å². The van der Waals surface area contributed by atoms with E-state index >= 15 is 0 Å². The molecule has 0 amide bonds. The summed E-state index contributed by atoms with van der Waals surface area (Å²) in [6.07, 6.45) is 4.69. The lowest BCUT2D eigenvalue weighted by Gasteiger charge is -2.28. The van der Waals surface area contributed by atoms with Crippen molar-refractivity contribution >= 4 is 28.9 Å². The number of hydrogen-bond acceptors (Lipinski definition) is 8. The summed E-state index contributed by atoms with van der Waals surface area (Å²) in [5.74, 6) is 1.50. The molecule has 0 radical (unpaired) electrons. The van der Waals surface area contributed by atoms with Crippen LogP contribution in [0.2, 0.25) is 5.02 Å². The molecule has 0 aliphatic carbocycles. The Morgan fingerprint density at radius 1 is 1.33 bits per heavy atom. The highest BCUT2D eigenvalue weighted by Gasteiger charge is 2.27. The zero-order chi connectivity index (χ0) is 18.8. The first-order valence-corrected chi connectivity index (χ1v) is 10.5. The van der Waals surface area contributed by atoms with E-state index in [1.54, 1.807) is 17.5 Å². The van der Waals surface area contributed by atoms with Crippen molar-refractivity contribution in [2.45, 2.75) is 37.8 Å². The van der Waals surface area contributed by atoms with Crippen molar-refractivity contribution in [3.8, 4) is 10.6 Å². The van der Waals surface area contributed by atoms with Crippen molar-refractivity contribution in [2.24, 2.45) is 5.92 Å². The Morgan fingerprint density at radius 2 is 2.22 bits per heavy atom. The Labute approximate surface area is 167 Å². The van der Waals surface area contributed by atoms with Gasteiger partial charge in [0.05, 0.1) is 39.9 Å². The Balaban J connectivity index is 1.55. The van der Waals surface area contributed by atoms with Gasteiger partial charge in [-0.05, 0) is 31.8 Å². The molecule has 2 aliphatic heterocycles. The van der Waals surface area contributed by atoms with E-state index in [9.17, 15) is 5.11 Å². The summed E-state index contributed by atoms with van der Waals surface area (Å²) in [7, 11) is 0. The second-order valence-corrected chi connectivity index (χ2v) is 8.68. The number of aliphatic hydroxyl groups excluding tert-OH is 1. The highest BCUT2D eigenvalue weighted by atomic mass is 35.5. The van der Waals surface area contributed by atoms with Crippen LogP contribution in [0.4, 0.5) is 5.95 Å². The topological polar surface area (TPSA) is 92.2 Å². The van der Waals surface area contributed by atoms with E-state index in [0.29, 0.717) is 48.1 Å². The summed E-state index contributed by atoms with van der Waals surface area (Å²) in [4.78, 5) is 14.5. The molecule has 3 N–H and O–H groups in total. The summed E-state index contributed by atoms with van der Waals surface area (Å²) in [5, 5.41) is 18.3. The standard InChI is InChI=1S/C18H24ClN5O2S/c1-10-6-20-4-2-11(10)17-21-8-15(27-17)16-12(19)7-22-18(24-16)23-13-3-5-26-9-14(13)25/h7-8,10-11,13-14,20,25H,2-6,9H2,1H3,(H,22,23,24)/t10?,11?,13-,14-/m1/s1. The van der Waals surface area contributed by atoms with Crippen LogP contribution < -0.4 is 10.6 Å². The molecule has 0 aromatic carbocycles. The van der Waals surface area contributed by atoms with Gasteiger partial charge in [0.25, 0.3) is 0 Å². The van der Waals surface area contributed by atoms with Gasteiger partial charge in [-0.1, -0.05) is 18.5 Å². The molecule has 4 atom stereocenters. The Kier molecular flexibility index (Phi) is 5.89. The largest absolute Gasteiger partial charge is 0.389 e. The van der Waals surface area contributed by atoms with E-state index in [1.807, 2.05) is 6.20 Å². The fraction of sp³-hybridized carbons (Fsp3) is 0.611. The van der Waals surface area contributed by atoms with Crippen molar-refractivity contribution in [3.63, 3.8) is 0 Å². The minimum Gasteiger partial charge on any atom is -0.389 e. The summed E-state index contributed by atoms with van der Waals surface area (Å²) in [6.45, 7) is 5.25. The van der Waals surface area contributed by atoms with Gasteiger partial charge in [0.1, 0.15) is 5.69 Å². The number of piperidine rings is 1. The van der Waals surface area contributed by atoms with Crippen molar-refractivity contribution < 1.29 is 9.84 Å². The third-order valence-corrected chi connectivity index (χ3v) is 6.66. The van der Waals surface area contributed by atoms with E-state index in [2.05, 4.69) is 32.5 Å². The maximum atomic E-state index is 10.1. The molecule has 2 fully saturated rings. The van der Waals surface area contributed by atoms with E-state index in [-0.39, 0.29) is 6.04 Å². The first kappa shape index (κ1) is 19.0. The molecular weight excluding hydrogens is 386 g/mol. The molecule has 27 heavy (non-hydrogen) atoms. The zero-order valence-corrected chi connectivity index (χ0v) is 16.8. The Hall–Kier alpha value is -1.32. The number of hydrogen-bond donors (Lipinski definition) is 3. The number of thiazole rings is 1. The molecule has 2 unspecified atom stereocenters. The average Bonchev–Trinajstić information content (AvgIpc) is 3.15. The maximum absolute atomic E-state index is 10.1. The molecule has 0 saturated carbocycles. The van der Waals surface area contributed by atoms with Gasteiger partial charge in [-0.3, -0.25) is 0 Å². The Bertz CT molecular complexity index is 789.